The van der Waals surface area contributed by atoms with Crippen LogP contribution >= 0.6 is 0 Å². The SMILES string of the molecule is c1ccc(-c2cc(-c3ccccc3)cc(N3c4ccc(-c5ccccc5)cc4B4c5cc(-c6ccccc6)ccc5N(c5cc(-c6ccccc6)cc(-c6ccccc6)c5)c5cc(-c6ncccn6)cc3c54)c2)cc1. The lowest BCUT2D eigenvalue weighted by Crippen LogP contribution is -2.61. The standard InChI is InChI=1S/C70H47BN4/c1-7-20-48(21-8-1)54-32-34-65-63(44-54)71-64-45-55(49-22-9-2-10-23-49)33-35-66(64)75(62-42-58(52-28-15-5-16-29-52)39-59(43-62)53-30-17-6-18-31-53)68-47-60(70-72-36-19-37-73-70)46-67(69(68)71)74(65)61-40-56(50-24-11-3-12-25-50)38-57(41-61)51-26-13-4-14-27-51/h1-47H. The largest absolute Gasteiger partial charge is 0.311 e. The van der Waals surface area contributed by atoms with Gasteiger partial charge in [-0.3, -0.25) is 0 Å². The Hall–Kier alpha value is -9.84. The fourth-order valence-electron chi connectivity index (χ4n) is 11.4. The average Bonchev–Trinajstić information content (AvgIpc) is 3.51. The third-order valence-corrected chi connectivity index (χ3v) is 14.9. The molecule has 4 nitrogen and oxygen atoms in total. The van der Waals surface area contributed by atoms with Crippen LogP contribution in [0, 0.1) is 0 Å². The molecule has 0 spiro atoms. The van der Waals surface area contributed by atoms with E-state index in [1.54, 1.807) is 0 Å². The minimum absolute atomic E-state index is 0.164. The van der Waals surface area contributed by atoms with E-state index in [4.69, 9.17) is 9.97 Å². The molecule has 0 N–H and O–H groups in total. The minimum atomic E-state index is -0.164. The van der Waals surface area contributed by atoms with Gasteiger partial charge in [0.2, 0.25) is 0 Å². The van der Waals surface area contributed by atoms with Gasteiger partial charge in [0, 0.05) is 52.1 Å². The van der Waals surface area contributed by atoms with Gasteiger partial charge in [-0.25, -0.2) is 9.97 Å². The third-order valence-electron chi connectivity index (χ3n) is 14.9. The molecule has 14 rings (SSSR count). The van der Waals surface area contributed by atoms with Crippen LogP contribution in [0.4, 0.5) is 34.1 Å². The van der Waals surface area contributed by atoms with E-state index >= 15 is 0 Å². The molecule has 0 saturated carbocycles. The van der Waals surface area contributed by atoms with Gasteiger partial charge in [0.05, 0.1) is 0 Å². The Morgan fingerprint density at radius 1 is 0.240 bits per heavy atom. The molecule has 0 saturated heterocycles. The number of hydrogen-bond donors (Lipinski definition) is 0. The molecule has 2 aliphatic heterocycles. The van der Waals surface area contributed by atoms with E-state index < -0.39 is 0 Å². The maximum atomic E-state index is 4.95. The van der Waals surface area contributed by atoms with Crippen LogP contribution in [0.25, 0.3) is 78.1 Å². The van der Waals surface area contributed by atoms with Crippen molar-refractivity contribution >= 4 is 57.2 Å². The normalized spacial score (nSPS) is 12.2. The van der Waals surface area contributed by atoms with Gasteiger partial charge in [-0.1, -0.05) is 206 Å². The van der Waals surface area contributed by atoms with Crippen molar-refractivity contribution in [3.8, 4) is 78.1 Å². The lowest BCUT2D eigenvalue weighted by atomic mass is 9.33. The van der Waals surface area contributed by atoms with Crippen LogP contribution < -0.4 is 26.2 Å². The van der Waals surface area contributed by atoms with Gasteiger partial charge in [-0.05, 0) is 150 Å². The maximum absolute atomic E-state index is 4.95. The highest BCUT2D eigenvalue weighted by atomic mass is 15.2. The van der Waals surface area contributed by atoms with E-state index in [-0.39, 0.29) is 6.71 Å². The number of anilines is 6. The molecule has 0 radical (unpaired) electrons. The summed E-state index contributed by atoms with van der Waals surface area (Å²) in [6, 6.07) is 99.6. The molecule has 350 valence electrons. The third kappa shape index (κ3) is 7.99. The van der Waals surface area contributed by atoms with Crippen LogP contribution in [0.5, 0.6) is 0 Å². The average molecular weight is 955 g/mol. The molecule has 0 unspecified atom stereocenters. The number of aromatic nitrogens is 2. The highest BCUT2D eigenvalue weighted by molar-refractivity contribution is 7.00. The summed E-state index contributed by atoms with van der Waals surface area (Å²) >= 11 is 0. The van der Waals surface area contributed by atoms with E-state index in [0.717, 1.165) is 84.2 Å². The van der Waals surface area contributed by atoms with Crippen molar-refractivity contribution in [3.05, 3.63) is 285 Å². The molecule has 0 atom stereocenters. The van der Waals surface area contributed by atoms with Crippen molar-refractivity contribution in [2.45, 2.75) is 0 Å². The molecule has 0 bridgehead atoms. The van der Waals surface area contributed by atoms with Gasteiger partial charge < -0.3 is 9.80 Å². The number of hydrogen-bond acceptors (Lipinski definition) is 4. The Bertz CT molecular complexity index is 3680. The Morgan fingerprint density at radius 3 is 0.893 bits per heavy atom. The van der Waals surface area contributed by atoms with Crippen LogP contribution in [0.3, 0.4) is 0 Å². The summed E-state index contributed by atoms with van der Waals surface area (Å²) in [5.41, 5.74) is 25.0. The van der Waals surface area contributed by atoms with Crippen molar-refractivity contribution in [2.24, 2.45) is 0 Å². The molecule has 0 fully saturated rings. The predicted octanol–water partition coefficient (Wildman–Crippen LogP) is 16.2. The van der Waals surface area contributed by atoms with Crippen LogP contribution in [-0.4, -0.2) is 16.7 Å². The maximum Gasteiger partial charge on any atom is 0.252 e. The van der Waals surface area contributed by atoms with Crippen LogP contribution in [0.2, 0.25) is 0 Å². The molecule has 0 aliphatic carbocycles. The lowest BCUT2D eigenvalue weighted by molar-refractivity contribution is 1.17. The zero-order valence-electron chi connectivity index (χ0n) is 41.0. The second-order valence-electron chi connectivity index (χ2n) is 19.4. The molecule has 2 aliphatic rings. The molecule has 5 heteroatoms. The van der Waals surface area contributed by atoms with Gasteiger partial charge in [0.1, 0.15) is 0 Å². The second-order valence-corrected chi connectivity index (χ2v) is 19.4. The molecule has 3 heterocycles. The van der Waals surface area contributed by atoms with Gasteiger partial charge in [0.25, 0.3) is 6.71 Å². The van der Waals surface area contributed by atoms with Crippen molar-refractivity contribution in [1.29, 1.82) is 0 Å². The summed E-state index contributed by atoms with van der Waals surface area (Å²) in [7, 11) is 0. The fourth-order valence-corrected chi connectivity index (χ4v) is 11.4. The molecule has 1 aromatic heterocycles. The van der Waals surface area contributed by atoms with Crippen molar-refractivity contribution < 1.29 is 0 Å². The monoisotopic (exact) mass is 954 g/mol. The van der Waals surface area contributed by atoms with E-state index in [1.807, 2.05) is 18.5 Å². The van der Waals surface area contributed by atoms with Crippen molar-refractivity contribution in [3.63, 3.8) is 0 Å². The fraction of sp³-hybridized carbons (Fsp3) is 0. The zero-order valence-corrected chi connectivity index (χ0v) is 41.0. The second kappa shape index (κ2) is 18.6. The Morgan fingerprint density at radius 2 is 0.560 bits per heavy atom. The van der Waals surface area contributed by atoms with E-state index in [1.165, 1.54) is 38.6 Å². The molecular weight excluding hydrogens is 908 g/mol. The first-order chi connectivity index (χ1) is 37.2. The molecule has 11 aromatic carbocycles. The first kappa shape index (κ1) is 43.9. The molecule has 0 amide bonds. The first-order valence-corrected chi connectivity index (χ1v) is 25.6. The van der Waals surface area contributed by atoms with Crippen LogP contribution in [0.1, 0.15) is 0 Å². The predicted molar refractivity (Wildman–Crippen MR) is 314 cm³/mol. The lowest BCUT2D eigenvalue weighted by Gasteiger charge is -2.45. The Balaban J connectivity index is 1.11. The van der Waals surface area contributed by atoms with Crippen LogP contribution in [-0.2, 0) is 0 Å². The summed E-state index contributed by atoms with van der Waals surface area (Å²) in [6.45, 7) is -0.164. The topological polar surface area (TPSA) is 32.3 Å². The number of benzene rings is 11. The summed E-state index contributed by atoms with van der Waals surface area (Å²) in [4.78, 5) is 14.9. The van der Waals surface area contributed by atoms with E-state index in [0.29, 0.717) is 5.82 Å². The summed E-state index contributed by atoms with van der Waals surface area (Å²) in [6.07, 6.45) is 3.69. The molecule has 75 heavy (non-hydrogen) atoms. The Labute approximate surface area is 438 Å². The number of nitrogens with zero attached hydrogens (tertiary/aromatic N) is 4. The van der Waals surface area contributed by atoms with Gasteiger partial charge in [-0.15, -0.1) is 0 Å². The smallest absolute Gasteiger partial charge is 0.252 e. The molecule has 12 aromatic rings. The summed E-state index contributed by atoms with van der Waals surface area (Å²) in [5.74, 6) is 0.662. The van der Waals surface area contributed by atoms with Crippen LogP contribution in [0.15, 0.2) is 285 Å². The van der Waals surface area contributed by atoms with Gasteiger partial charge in [0.15, 0.2) is 5.82 Å². The Kier molecular flexibility index (Phi) is 10.9. The van der Waals surface area contributed by atoms with E-state index in [2.05, 4.69) is 277 Å². The number of rotatable bonds is 9. The highest BCUT2D eigenvalue weighted by Gasteiger charge is 2.44. The van der Waals surface area contributed by atoms with E-state index in [9.17, 15) is 0 Å². The zero-order chi connectivity index (χ0) is 49.7. The molecular formula is C70H47BN4. The number of fused-ring (bicyclic) bond motifs is 4. The van der Waals surface area contributed by atoms with Crippen molar-refractivity contribution in [2.75, 3.05) is 9.80 Å². The minimum Gasteiger partial charge on any atom is -0.311 e. The van der Waals surface area contributed by atoms with Gasteiger partial charge in [-0.2, -0.15) is 0 Å². The quantitative estimate of drug-likeness (QED) is 0.135. The summed E-state index contributed by atoms with van der Waals surface area (Å²) < 4.78 is 0. The van der Waals surface area contributed by atoms with Gasteiger partial charge >= 0.3 is 0 Å². The highest BCUT2D eigenvalue weighted by Crippen LogP contribution is 2.49. The summed E-state index contributed by atoms with van der Waals surface area (Å²) in [5, 5.41) is 0. The first-order valence-electron chi connectivity index (χ1n) is 25.6. The van der Waals surface area contributed by atoms with Crippen molar-refractivity contribution in [1.82, 2.24) is 9.97 Å².